The van der Waals surface area contributed by atoms with Gasteiger partial charge in [-0.3, -0.25) is 24.3 Å². The van der Waals surface area contributed by atoms with Crippen molar-refractivity contribution in [1.29, 1.82) is 0 Å². The van der Waals surface area contributed by atoms with E-state index in [9.17, 15) is 37.7 Å². The molecular formula is C22H19F3N4O6. The summed E-state index contributed by atoms with van der Waals surface area (Å²) in [5.74, 6) is -1.82. The average Bonchev–Trinajstić information content (AvgIpc) is 3.34. The number of nitrogens with one attached hydrogen (secondary N) is 1. The number of nitro groups is 1. The number of nitro benzene ring substituents is 1. The highest BCUT2D eigenvalue weighted by Crippen LogP contribution is 2.31. The van der Waals surface area contributed by atoms with Crippen LogP contribution in [0.2, 0.25) is 0 Å². The number of nitrogens with zero attached hydrogens (tertiary/aromatic N) is 3. The molecule has 0 radical (unpaired) electrons. The molecule has 1 N–H and O–H groups in total. The number of hydrogen-bond acceptors (Lipinski definition) is 6. The Morgan fingerprint density at radius 3 is 2.63 bits per heavy atom. The number of hydrogen-bond donors (Lipinski definition) is 1. The summed E-state index contributed by atoms with van der Waals surface area (Å²) in [6, 6.07) is 6.93. The molecule has 13 heteroatoms. The summed E-state index contributed by atoms with van der Waals surface area (Å²) in [7, 11) is 0. The Hall–Kier alpha value is -4.16. The van der Waals surface area contributed by atoms with E-state index >= 15 is 0 Å². The van der Waals surface area contributed by atoms with Crippen molar-refractivity contribution < 1.29 is 32.1 Å². The zero-order chi connectivity index (χ0) is 25.3. The van der Waals surface area contributed by atoms with Crippen LogP contribution in [0.25, 0.3) is 11.1 Å². The van der Waals surface area contributed by atoms with Gasteiger partial charge in [-0.25, -0.2) is 4.79 Å². The number of benzene rings is 2. The Morgan fingerprint density at radius 2 is 1.97 bits per heavy atom. The molecule has 2 amide bonds. The minimum absolute atomic E-state index is 0.0425. The van der Waals surface area contributed by atoms with Crippen LogP contribution >= 0.6 is 0 Å². The molecule has 3 aromatic rings. The first-order chi connectivity index (χ1) is 16.5. The van der Waals surface area contributed by atoms with Crippen molar-refractivity contribution in [2.75, 3.05) is 13.1 Å². The Bertz CT molecular complexity index is 1360. The molecule has 10 nitrogen and oxygen atoms in total. The van der Waals surface area contributed by atoms with Gasteiger partial charge in [0, 0.05) is 25.6 Å². The monoisotopic (exact) mass is 492 g/mol. The SMILES string of the molecule is O=C(Cn1c(=O)oc2cc([N+](=O)[O-])ccc21)NC(CN1CCCC1=O)c1cccc(C(F)(F)F)c1. The van der Waals surface area contributed by atoms with E-state index in [0.717, 1.165) is 28.8 Å². The molecular weight excluding hydrogens is 473 g/mol. The fraction of sp³-hybridized carbons (Fsp3) is 0.318. The van der Waals surface area contributed by atoms with E-state index in [2.05, 4.69) is 5.32 Å². The molecule has 1 atom stereocenters. The lowest BCUT2D eigenvalue weighted by Gasteiger charge is -2.26. The number of oxazole rings is 1. The maximum absolute atomic E-state index is 13.2. The molecule has 1 aliphatic rings. The maximum Gasteiger partial charge on any atom is 0.420 e. The first kappa shape index (κ1) is 24.0. The number of alkyl halides is 3. The minimum Gasteiger partial charge on any atom is -0.407 e. The molecule has 1 saturated heterocycles. The Labute approximate surface area is 195 Å². The van der Waals surface area contributed by atoms with Gasteiger partial charge in [-0.1, -0.05) is 12.1 Å². The lowest BCUT2D eigenvalue weighted by molar-refractivity contribution is -0.384. The third-order valence-electron chi connectivity index (χ3n) is 5.69. The van der Waals surface area contributed by atoms with E-state index in [0.29, 0.717) is 19.4 Å². The number of halogens is 3. The molecule has 2 aromatic carbocycles. The molecule has 0 saturated carbocycles. The van der Waals surface area contributed by atoms with Gasteiger partial charge in [0.1, 0.15) is 6.54 Å². The van der Waals surface area contributed by atoms with Gasteiger partial charge in [0.25, 0.3) is 5.69 Å². The smallest absolute Gasteiger partial charge is 0.407 e. The van der Waals surface area contributed by atoms with Gasteiger partial charge in [0.15, 0.2) is 5.58 Å². The topological polar surface area (TPSA) is 128 Å². The summed E-state index contributed by atoms with van der Waals surface area (Å²) < 4.78 is 45.7. The Morgan fingerprint density at radius 1 is 1.20 bits per heavy atom. The van der Waals surface area contributed by atoms with E-state index in [4.69, 9.17) is 4.42 Å². The second kappa shape index (κ2) is 9.24. The van der Waals surface area contributed by atoms with Crippen LogP contribution < -0.4 is 11.1 Å². The molecule has 35 heavy (non-hydrogen) atoms. The van der Waals surface area contributed by atoms with Crippen molar-refractivity contribution in [2.45, 2.75) is 31.6 Å². The number of likely N-dealkylation sites (tertiary alicyclic amines) is 1. The summed E-state index contributed by atoms with van der Waals surface area (Å²) in [4.78, 5) is 49.0. The molecule has 1 aliphatic heterocycles. The predicted molar refractivity (Wildman–Crippen MR) is 115 cm³/mol. The number of carbonyl (C=O) groups is 2. The lowest BCUT2D eigenvalue weighted by atomic mass is 10.0. The van der Waals surface area contributed by atoms with Crippen LogP contribution in [0.1, 0.15) is 30.0 Å². The van der Waals surface area contributed by atoms with Crippen LogP contribution in [0.4, 0.5) is 18.9 Å². The Balaban J connectivity index is 1.60. The standard InChI is InChI=1S/C22H19F3N4O6/c23-22(24,25)14-4-1-3-13(9-14)16(11-27-8-2-5-20(27)31)26-19(30)12-28-17-7-6-15(29(33)34)10-18(17)35-21(28)32/h1,3-4,6-7,9-10,16H,2,5,8,11-12H2,(H,26,30). The zero-order valence-electron chi connectivity index (χ0n) is 18.1. The molecule has 1 fully saturated rings. The molecule has 1 aromatic heterocycles. The third-order valence-corrected chi connectivity index (χ3v) is 5.69. The first-order valence-electron chi connectivity index (χ1n) is 10.5. The van der Waals surface area contributed by atoms with Crippen molar-refractivity contribution in [3.8, 4) is 0 Å². The highest BCUT2D eigenvalue weighted by molar-refractivity contribution is 5.81. The van der Waals surface area contributed by atoms with Crippen molar-refractivity contribution >= 4 is 28.6 Å². The second-order valence-corrected chi connectivity index (χ2v) is 8.05. The van der Waals surface area contributed by atoms with Gasteiger partial charge < -0.3 is 14.6 Å². The van der Waals surface area contributed by atoms with Gasteiger partial charge in [-0.15, -0.1) is 0 Å². The zero-order valence-corrected chi connectivity index (χ0v) is 18.1. The van der Waals surface area contributed by atoms with Gasteiger partial charge >= 0.3 is 11.9 Å². The average molecular weight is 492 g/mol. The molecule has 184 valence electrons. The normalized spacial score (nSPS) is 14.9. The van der Waals surface area contributed by atoms with Crippen molar-refractivity contribution in [2.24, 2.45) is 0 Å². The third kappa shape index (κ3) is 5.18. The van der Waals surface area contributed by atoms with Crippen LogP contribution in [-0.2, 0) is 22.3 Å². The minimum atomic E-state index is -4.60. The van der Waals surface area contributed by atoms with E-state index < -0.39 is 40.9 Å². The number of aromatic nitrogens is 1. The molecule has 1 unspecified atom stereocenters. The number of amides is 2. The van der Waals surface area contributed by atoms with Crippen LogP contribution in [0.3, 0.4) is 0 Å². The molecule has 2 heterocycles. The van der Waals surface area contributed by atoms with Crippen molar-refractivity contribution in [3.05, 3.63) is 74.3 Å². The maximum atomic E-state index is 13.2. The van der Waals surface area contributed by atoms with E-state index in [-0.39, 0.29) is 34.8 Å². The molecule has 0 bridgehead atoms. The fourth-order valence-electron chi connectivity index (χ4n) is 3.99. The van der Waals surface area contributed by atoms with Gasteiger partial charge in [0.2, 0.25) is 11.8 Å². The van der Waals surface area contributed by atoms with Crippen molar-refractivity contribution in [3.63, 3.8) is 0 Å². The predicted octanol–water partition coefficient (Wildman–Crippen LogP) is 3.00. The number of non-ortho nitro benzene ring substituents is 1. The summed E-state index contributed by atoms with van der Waals surface area (Å²) in [6.45, 7) is -0.180. The summed E-state index contributed by atoms with van der Waals surface area (Å²) >= 11 is 0. The van der Waals surface area contributed by atoms with E-state index in [1.54, 1.807) is 0 Å². The highest BCUT2D eigenvalue weighted by Gasteiger charge is 2.32. The van der Waals surface area contributed by atoms with Crippen molar-refractivity contribution in [1.82, 2.24) is 14.8 Å². The van der Waals surface area contributed by atoms with Crippen LogP contribution in [-0.4, -0.2) is 39.3 Å². The Kier molecular flexibility index (Phi) is 6.33. The summed E-state index contributed by atoms with van der Waals surface area (Å²) in [5, 5.41) is 13.5. The number of fused-ring (bicyclic) bond motifs is 1. The molecule has 0 aliphatic carbocycles. The van der Waals surface area contributed by atoms with Gasteiger partial charge in [-0.2, -0.15) is 13.2 Å². The summed E-state index contributed by atoms with van der Waals surface area (Å²) in [5.41, 5.74) is -1.01. The molecule has 4 rings (SSSR count). The van der Waals surface area contributed by atoms with Crippen LogP contribution in [0.5, 0.6) is 0 Å². The quantitative estimate of drug-likeness (QED) is 0.399. The van der Waals surface area contributed by atoms with Gasteiger partial charge in [-0.05, 0) is 30.2 Å². The lowest BCUT2D eigenvalue weighted by Crippen LogP contribution is -2.40. The first-order valence-corrected chi connectivity index (χ1v) is 10.5. The fourth-order valence-corrected chi connectivity index (χ4v) is 3.99. The second-order valence-electron chi connectivity index (χ2n) is 8.05. The van der Waals surface area contributed by atoms with Crippen LogP contribution in [0, 0.1) is 10.1 Å². The largest absolute Gasteiger partial charge is 0.420 e. The molecule has 0 spiro atoms. The summed E-state index contributed by atoms with van der Waals surface area (Å²) in [6.07, 6.45) is -3.68. The van der Waals surface area contributed by atoms with Gasteiger partial charge in [0.05, 0.1) is 28.1 Å². The van der Waals surface area contributed by atoms with Crippen LogP contribution in [0.15, 0.2) is 51.7 Å². The highest BCUT2D eigenvalue weighted by atomic mass is 19.4. The van der Waals surface area contributed by atoms with E-state index in [1.165, 1.54) is 23.1 Å². The number of carbonyl (C=O) groups excluding carboxylic acids is 2. The van der Waals surface area contributed by atoms with E-state index in [1.807, 2.05) is 0 Å². The number of rotatable bonds is 7.